The molecule has 1 aliphatic rings. The normalized spacial score (nSPS) is 21.7. The van der Waals surface area contributed by atoms with Gasteiger partial charge in [-0.15, -0.1) is 0 Å². The van der Waals surface area contributed by atoms with E-state index in [1.165, 1.54) is 6.08 Å². The van der Waals surface area contributed by atoms with Gasteiger partial charge in [0.25, 0.3) is 0 Å². The highest BCUT2D eigenvalue weighted by Crippen LogP contribution is 2.12. The summed E-state index contributed by atoms with van der Waals surface area (Å²) in [5.41, 5.74) is 0. The van der Waals surface area contributed by atoms with E-state index < -0.39 is 0 Å². The van der Waals surface area contributed by atoms with Crippen LogP contribution < -0.4 is 0 Å². The van der Waals surface area contributed by atoms with E-state index in [1.54, 1.807) is 0 Å². The zero-order chi connectivity index (χ0) is 11.8. The van der Waals surface area contributed by atoms with Crippen LogP contribution >= 0.6 is 0 Å². The molecule has 0 bridgehead atoms. The minimum absolute atomic E-state index is 0.199. The molecule has 16 heavy (non-hydrogen) atoms. The van der Waals surface area contributed by atoms with Gasteiger partial charge in [0.2, 0.25) is 0 Å². The number of hydrogen-bond donors (Lipinski definition) is 0. The molecule has 0 spiro atoms. The first-order valence-corrected chi connectivity index (χ1v) is 5.71. The van der Waals surface area contributed by atoms with Crippen molar-refractivity contribution in [3.63, 3.8) is 0 Å². The van der Waals surface area contributed by atoms with E-state index >= 15 is 0 Å². The smallest absolute Gasteiger partial charge is 0.330 e. The van der Waals surface area contributed by atoms with Gasteiger partial charge in [0, 0.05) is 18.6 Å². The van der Waals surface area contributed by atoms with E-state index in [1.807, 2.05) is 6.92 Å². The van der Waals surface area contributed by atoms with Gasteiger partial charge in [-0.1, -0.05) is 13.5 Å². The van der Waals surface area contributed by atoms with Crippen molar-refractivity contribution in [3.05, 3.63) is 12.7 Å². The molecule has 0 amide bonds. The van der Waals surface area contributed by atoms with Gasteiger partial charge < -0.3 is 14.2 Å². The Hall–Kier alpha value is -0.870. The molecule has 1 fully saturated rings. The summed E-state index contributed by atoms with van der Waals surface area (Å²) in [6.07, 6.45) is 3.63. The zero-order valence-corrected chi connectivity index (χ0v) is 9.81. The predicted molar refractivity (Wildman–Crippen MR) is 60.1 cm³/mol. The summed E-state index contributed by atoms with van der Waals surface area (Å²) < 4.78 is 15.8. The summed E-state index contributed by atoms with van der Waals surface area (Å²) in [5.74, 6) is -0.184. The molecule has 92 valence electrons. The van der Waals surface area contributed by atoms with E-state index in [4.69, 9.17) is 14.2 Å². The lowest BCUT2D eigenvalue weighted by molar-refractivity contribution is -0.139. The van der Waals surface area contributed by atoms with Crippen LogP contribution in [0.1, 0.15) is 19.8 Å². The van der Waals surface area contributed by atoms with E-state index in [2.05, 4.69) is 6.58 Å². The molecule has 0 aliphatic carbocycles. The van der Waals surface area contributed by atoms with Crippen molar-refractivity contribution < 1.29 is 19.0 Å². The molecule has 2 atom stereocenters. The fourth-order valence-electron chi connectivity index (χ4n) is 1.51. The maximum Gasteiger partial charge on any atom is 0.330 e. The van der Waals surface area contributed by atoms with Gasteiger partial charge in [-0.25, -0.2) is 4.79 Å². The molecular weight excluding hydrogens is 208 g/mol. The van der Waals surface area contributed by atoms with E-state index in [-0.39, 0.29) is 18.0 Å². The second kappa shape index (κ2) is 7.41. The molecule has 0 N–H and O–H groups in total. The number of esters is 1. The van der Waals surface area contributed by atoms with Crippen molar-refractivity contribution in [3.8, 4) is 0 Å². The van der Waals surface area contributed by atoms with Gasteiger partial charge >= 0.3 is 5.97 Å². The monoisotopic (exact) mass is 228 g/mol. The van der Waals surface area contributed by atoms with Gasteiger partial charge in [0.05, 0.1) is 25.9 Å². The minimum atomic E-state index is -0.383. The first kappa shape index (κ1) is 13.2. The maximum atomic E-state index is 10.8. The Labute approximate surface area is 96.6 Å². The second-order valence-electron chi connectivity index (χ2n) is 4.11. The van der Waals surface area contributed by atoms with Gasteiger partial charge in [-0.3, -0.25) is 0 Å². The standard InChI is InChI=1S/C12H20O4/c1-3-12(13)16-8-10(2)7-14-9-11-5-4-6-15-11/h3,10-11H,1,4-9H2,2H3. The summed E-state index contributed by atoms with van der Waals surface area (Å²) in [4.78, 5) is 10.8. The lowest BCUT2D eigenvalue weighted by Gasteiger charge is -2.14. The summed E-state index contributed by atoms with van der Waals surface area (Å²) >= 11 is 0. The molecule has 1 rings (SSSR count). The Morgan fingerprint density at radius 1 is 1.62 bits per heavy atom. The molecule has 4 heteroatoms. The third-order valence-electron chi connectivity index (χ3n) is 2.41. The highest BCUT2D eigenvalue weighted by Gasteiger charge is 2.15. The third-order valence-corrected chi connectivity index (χ3v) is 2.41. The fourth-order valence-corrected chi connectivity index (χ4v) is 1.51. The first-order valence-electron chi connectivity index (χ1n) is 5.71. The Morgan fingerprint density at radius 2 is 2.44 bits per heavy atom. The lowest BCUT2D eigenvalue weighted by atomic mass is 10.2. The Kier molecular flexibility index (Phi) is 6.11. The van der Waals surface area contributed by atoms with Crippen LogP contribution in [0.5, 0.6) is 0 Å². The Balaban J connectivity index is 1.98. The van der Waals surface area contributed by atoms with Crippen LogP contribution in [-0.4, -0.2) is 38.5 Å². The van der Waals surface area contributed by atoms with Gasteiger partial charge in [0.15, 0.2) is 0 Å². The van der Waals surface area contributed by atoms with Crippen molar-refractivity contribution >= 4 is 5.97 Å². The molecular formula is C12H20O4. The zero-order valence-electron chi connectivity index (χ0n) is 9.81. The third kappa shape index (κ3) is 5.28. The minimum Gasteiger partial charge on any atom is -0.462 e. The summed E-state index contributed by atoms with van der Waals surface area (Å²) in [6.45, 7) is 7.75. The highest BCUT2D eigenvalue weighted by atomic mass is 16.5. The van der Waals surface area contributed by atoms with E-state index in [0.29, 0.717) is 19.8 Å². The highest BCUT2D eigenvalue weighted by molar-refractivity contribution is 5.81. The van der Waals surface area contributed by atoms with Crippen molar-refractivity contribution in [2.24, 2.45) is 5.92 Å². The van der Waals surface area contributed by atoms with Crippen molar-refractivity contribution in [2.45, 2.75) is 25.9 Å². The topological polar surface area (TPSA) is 44.8 Å². The van der Waals surface area contributed by atoms with E-state index in [0.717, 1.165) is 19.4 Å². The quantitative estimate of drug-likeness (QED) is 0.490. The number of carbonyl (C=O) groups is 1. The van der Waals surface area contributed by atoms with Crippen molar-refractivity contribution in [1.82, 2.24) is 0 Å². The molecule has 0 aromatic heterocycles. The summed E-state index contributed by atoms with van der Waals surface area (Å²) in [7, 11) is 0. The molecule has 0 aromatic rings. The van der Waals surface area contributed by atoms with Crippen LogP contribution in [0.15, 0.2) is 12.7 Å². The molecule has 0 aromatic carbocycles. The number of hydrogen-bond acceptors (Lipinski definition) is 4. The molecule has 1 heterocycles. The van der Waals surface area contributed by atoms with E-state index in [9.17, 15) is 4.79 Å². The van der Waals surface area contributed by atoms with Gasteiger partial charge in [0.1, 0.15) is 0 Å². The van der Waals surface area contributed by atoms with Crippen LogP contribution in [0.4, 0.5) is 0 Å². The van der Waals surface area contributed by atoms with Crippen molar-refractivity contribution in [2.75, 3.05) is 26.4 Å². The second-order valence-corrected chi connectivity index (χ2v) is 4.11. The first-order chi connectivity index (χ1) is 7.72. The fraction of sp³-hybridized carbons (Fsp3) is 0.750. The Bertz CT molecular complexity index is 221. The summed E-state index contributed by atoms with van der Waals surface area (Å²) in [6, 6.07) is 0. The average Bonchev–Trinajstić information content (AvgIpc) is 2.79. The van der Waals surface area contributed by atoms with Crippen LogP contribution in [0.25, 0.3) is 0 Å². The average molecular weight is 228 g/mol. The maximum absolute atomic E-state index is 10.8. The largest absolute Gasteiger partial charge is 0.462 e. The Morgan fingerprint density at radius 3 is 3.06 bits per heavy atom. The van der Waals surface area contributed by atoms with Crippen LogP contribution in [0.2, 0.25) is 0 Å². The number of rotatable bonds is 7. The molecule has 1 saturated heterocycles. The summed E-state index contributed by atoms with van der Waals surface area (Å²) in [5, 5.41) is 0. The lowest BCUT2D eigenvalue weighted by Crippen LogP contribution is -2.20. The molecule has 0 saturated carbocycles. The number of carbonyl (C=O) groups excluding carboxylic acids is 1. The number of ether oxygens (including phenoxy) is 3. The van der Waals surface area contributed by atoms with Crippen molar-refractivity contribution in [1.29, 1.82) is 0 Å². The SMILES string of the molecule is C=CC(=O)OCC(C)COCC1CCCO1. The molecule has 0 radical (unpaired) electrons. The van der Waals surface area contributed by atoms with Gasteiger partial charge in [-0.05, 0) is 12.8 Å². The predicted octanol–water partition coefficient (Wildman–Crippen LogP) is 1.55. The van der Waals surface area contributed by atoms with Crippen LogP contribution in [-0.2, 0) is 19.0 Å². The molecule has 1 aliphatic heterocycles. The molecule has 4 nitrogen and oxygen atoms in total. The van der Waals surface area contributed by atoms with Crippen LogP contribution in [0.3, 0.4) is 0 Å². The van der Waals surface area contributed by atoms with Crippen LogP contribution in [0, 0.1) is 5.92 Å². The van der Waals surface area contributed by atoms with Gasteiger partial charge in [-0.2, -0.15) is 0 Å². The molecule has 2 unspecified atom stereocenters.